The molecule has 0 aliphatic carbocycles. The first-order valence-corrected chi connectivity index (χ1v) is 9.78. The Balaban J connectivity index is 2.24. The van der Waals surface area contributed by atoms with E-state index < -0.39 is 11.9 Å². The molecule has 28 heavy (non-hydrogen) atoms. The summed E-state index contributed by atoms with van der Waals surface area (Å²) in [7, 11) is 0. The topological polar surface area (TPSA) is 88.4 Å². The lowest BCUT2D eigenvalue weighted by Gasteiger charge is -2.10. The number of carbonyl (C=O) groups is 2. The molecule has 144 valence electrons. The minimum absolute atomic E-state index is 0.112. The quantitative estimate of drug-likeness (QED) is 0.333. The number of esters is 1. The molecule has 0 fully saturated rings. The molecule has 1 amide bonds. The predicted octanol–water partition coefficient (Wildman–Crippen LogP) is 4.70. The van der Waals surface area contributed by atoms with Crippen molar-refractivity contribution >= 4 is 55.5 Å². The maximum absolute atomic E-state index is 12.5. The lowest BCUT2D eigenvalue weighted by Crippen LogP contribution is -2.15. The molecule has 0 spiro atoms. The number of hydrogen-bond acceptors (Lipinski definition) is 5. The van der Waals surface area contributed by atoms with E-state index in [2.05, 4.69) is 37.2 Å². The molecular weight excluding hydrogens is 492 g/mol. The molecule has 1 N–H and O–H groups in total. The first-order valence-electron chi connectivity index (χ1n) is 8.19. The van der Waals surface area contributed by atoms with Gasteiger partial charge in [-0.15, -0.1) is 0 Å². The molecule has 0 radical (unpaired) electrons. The van der Waals surface area contributed by atoms with Gasteiger partial charge in [0.15, 0.2) is 6.61 Å². The molecular formula is C20H16Br2N2O4. The number of carbonyl (C=O) groups excluding carboxylic acids is 2. The summed E-state index contributed by atoms with van der Waals surface area (Å²) in [6.45, 7) is 1.68. The summed E-state index contributed by atoms with van der Waals surface area (Å²) >= 11 is 6.67. The molecule has 0 unspecified atom stereocenters. The predicted molar refractivity (Wildman–Crippen MR) is 113 cm³/mol. The van der Waals surface area contributed by atoms with Gasteiger partial charge in [-0.25, -0.2) is 4.79 Å². The SMILES string of the molecule is CCOC(=O)COc1ccc(Br)cc1/C=C(/C#N)C(=O)Nc1cccc(Br)c1. The van der Waals surface area contributed by atoms with Gasteiger partial charge in [-0.3, -0.25) is 4.79 Å². The van der Waals surface area contributed by atoms with Crippen LogP contribution < -0.4 is 10.1 Å². The molecule has 0 bridgehead atoms. The van der Waals surface area contributed by atoms with Gasteiger partial charge in [0, 0.05) is 20.2 Å². The Kier molecular flexibility index (Phi) is 8.23. The van der Waals surface area contributed by atoms with Crippen LogP contribution in [-0.2, 0) is 14.3 Å². The van der Waals surface area contributed by atoms with Crippen LogP contribution in [0.3, 0.4) is 0 Å². The van der Waals surface area contributed by atoms with E-state index in [1.807, 2.05) is 12.1 Å². The van der Waals surface area contributed by atoms with Crippen LogP contribution in [0.1, 0.15) is 12.5 Å². The van der Waals surface area contributed by atoms with E-state index >= 15 is 0 Å². The lowest BCUT2D eigenvalue weighted by atomic mass is 10.1. The molecule has 0 saturated carbocycles. The van der Waals surface area contributed by atoms with Gasteiger partial charge in [-0.05, 0) is 49.4 Å². The zero-order chi connectivity index (χ0) is 20.5. The first-order chi connectivity index (χ1) is 13.4. The van der Waals surface area contributed by atoms with Gasteiger partial charge in [-0.2, -0.15) is 5.26 Å². The molecule has 0 aromatic heterocycles. The van der Waals surface area contributed by atoms with Crippen LogP contribution in [0.2, 0.25) is 0 Å². The van der Waals surface area contributed by atoms with Crippen molar-refractivity contribution in [3.05, 3.63) is 62.5 Å². The molecule has 2 rings (SSSR count). The van der Waals surface area contributed by atoms with Crippen molar-refractivity contribution in [3.8, 4) is 11.8 Å². The molecule has 0 saturated heterocycles. The van der Waals surface area contributed by atoms with Crippen LogP contribution in [0.5, 0.6) is 5.75 Å². The van der Waals surface area contributed by atoms with Gasteiger partial charge in [-0.1, -0.05) is 37.9 Å². The summed E-state index contributed by atoms with van der Waals surface area (Å²) in [5.41, 5.74) is 0.909. The number of rotatable bonds is 7. The van der Waals surface area contributed by atoms with Crippen molar-refractivity contribution < 1.29 is 19.1 Å². The molecule has 0 heterocycles. The third-order valence-corrected chi connectivity index (χ3v) is 4.36. The summed E-state index contributed by atoms with van der Waals surface area (Å²) in [6, 6.07) is 14.0. The maximum atomic E-state index is 12.5. The van der Waals surface area contributed by atoms with Crippen molar-refractivity contribution in [3.63, 3.8) is 0 Å². The van der Waals surface area contributed by atoms with Gasteiger partial charge in [0.2, 0.25) is 0 Å². The van der Waals surface area contributed by atoms with Crippen molar-refractivity contribution in [2.75, 3.05) is 18.5 Å². The highest BCUT2D eigenvalue weighted by atomic mass is 79.9. The molecule has 8 heteroatoms. The number of benzene rings is 2. The molecule has 2 aromatic carbocycles. The molecule has 0 aliphatic heterocycles. The highest BCUT2D eigenvalue weighted by Crippen LogP contribution is 2.26. The van der Waals surface area contributed by atoms with E-state index in [-0.39, 0.29) is 18.8 Å². The first kappa shape index (κ1) is 21.7. The number of nitrogens with one attached hydrogen (secondary N) is 1. The number of nitrogens with zero attached hydrogens (tertiary/aromatic N) is 1. The number of nitriles is 1. The van der Waals surface area contributed by atoms with Crippen LogP contribution in [0.25, 0.3) is 6.08 Å². The summed E-state index contributed by atoms with van der Waals surface area (Å²) in [5.74, 6) is -0.718. The summed E-state index contributed by atoms with van der Waals surface area (Å²) < 4.78 is 11.8. The van der Waals surface area contributed by atoms with E-state index in [1.165, 1.54) is 6.08 Å². The largest absolute Gasteiger partial charge is 0.481 e. The van der Waals surface area contributed by atoms with Crippen molar-refractivity contribution in [2.24, 2.45) is 0 Å². The Morgan fingerprint density at radius 2 is 1.93 bits per heavy atom. The van der Waals surface area contributed by atoms with Gasteiger partial charge >= 0.3 is 5.97 Å². The number of ether oxygens (including phenoxy) is 2. The standard InChI is InChI=1S/C20H16Br2N2O4/c1-2-27-19(25)12-28-18-7-6-16(22)9-13(18)8-14(11-23)20(26)24-17-5-3-4-15(21)10-17/h3-10H,2,12H2,1H3,(H,24,26)/b14-8-. The highest BCUT2D eigenvalue weighted by molar-refractivity contribution is 9.10. The van der Waals surface area contributed by atoms with Crippen LogP contribution >= 0.6 is 31.9 Å². The number of hydrogen-bond donors (Lipinski definition) is 1. The van der Waals surface area contributed by atoms with E-state index in [4.69, 9.17) is 9.47 Å². The second kappa shape index (κ2) is 10.6. The van der Waals surface area contributed by atoms with Crippen LogP contribution in [-0.4, -0.2) is 25.1 Å². The van der Waals surface area contributed by atoms with Gasteiger partial charge in [0.25, 0.3) is 5.91 Å². The molecule has 0 aliphatic rings. The van der Waals surface area contributed by atoms with Gasteiger partial charge in [0.1, 0.15) is 17.4 Å². The second-order valence-corrected chi connectivity index (χ2v) is 7.24. The zero-order valence-electron chi connectivity index (χ0n) is 14.9. The van der Waals surface area contributed by atoms with Gasteiger partial charge in [0.05, 0.1) is 6.61 Å². The molecule has 2 aromatic rings. The average Bonchev–Trinajstić information content (AvgIpc) is 2.65. The normalized spacial score (nSPS) is 10.7. The van der Waals surface area contributed by atoms with Crippen LogP contribution in [0.4, 0.5) is 5.69 Å². The van der Waals surface area contributed by atoms with Crippen molar-refractivity contribution in [2.45, 2.75) is 6.92 Å². The summed E-state index contributed by atoms with van der Waals surface area (Å²) in [4.78, 5) is 24.0. The maximum Gasteiger partial charge on any atom is 0.344 e. The van der Waals surface area contributed by atoms with Gasteiger partial charge < -0.3 is 14.8 Å². The number of anilines is 1. The minimum atomic E-state index is -0.558. The fourth-order valence-electron chi connectivity index (χ4n) is 2.17. The Morgan fingerprint density at radius 3 is 2.61 bits per heavy atom. The third kappa shape index (κ3) is 6.51. The summed E-state index contributed by atoms with van der Waals surface area (Å²) in [5, 5.41) is 12.1. The fourth-order valence-corrected chi connectivity index (χ4v) is 2.95. The van der Waals surface area contributed by atoms with E-state index in [0.29, 0.717) is 17.0 Å². The van der Waals surface area contributed by atoms with Crippen molar-refractivity contribution in [1.29, 1.82) is 5.26 Å². The Bertz CT molecular complexity index is 951. The molecule has 0 atom stereocenters. The van der Waals surface area contributed by atoms with E-state index in [9.17, 15) is 14.9 Å². The van der Waals surface area contributed by atoms with Crippen LogP contribution in [0, 0.1) is 11.3 Å². The van der Waals surface area contributed by atoms with Crippen LogP contribution in [0.15, 0.2) is 57.0 Å². The molecule has 6 nitrogen and oxygen atoms in total. The van der Waals surface area contributed by atoms with E-state index in [0.717, 1.165) is 8.95 Å². The van der Waals surface area contributed by atoms with E-state index in [1.54, 1.807) is 43.3 Å². The fraction of sp³-hybridized carbons (Fsp3) is 0.150. The Hall–Kier alpha value is -2.63. The highest BCUT2D eigenvalue weighted by Gasteiger charge is 2.13. The minimum Gasteiger partial charge on any atom is -0.481 e. The Morgan fingerprint density at radius 1 is 1.18 bits per heavy atom. The smallest absolute Gasteiger partial charge is 0.344 e. The van der Waals surface area contributed by atoms with Crippen molar-refractivity contribution in [1.82, 2.24) is 0 Å². The number of halogens is 2. The zero-order valence-corrected chi connectivity index (χ0v) is 18.0. The average molecular weight is 508 g/mol. The Labute approximate surface area is 179 Å². The lowest BCUT2D eigenvalue weighted by molar-refractivity contribution is -0.145. The number of amides is 1. The monoisotopic (exact) mass is 506 g/mol. The summed E-state index contributed by atoms with van der Waals surface area (Å²) in [6.07, 6.45) is 1.40. The second-order valence-electron chi connectivity index (χ2n) is 5.41. The third-order valence-electron chi connectivity index (χ3n) is 3.37.